The fraction of sp³-hybridized carbons (Fsp3) is 0.407. The molecule has 0 aromatic heterocycles. The molecule has 2 aromatic carbocycles. The van der Waals surface area contributed by atoms with Gasteiger partial charge in [-0.2, -0.15) is 5.10 Å². The van der Waals surface area contributed by atoms with Crippen molar-refractivity contribution in [2.24, 2.45) is 15.9 Å². The molecule has 182 valence electrons. The van der Waals surface area contributed by atoms with Crippen LogP contribution in [0.4, 0.5) is 0 Å². The van der Waals surface area contributed by atoms with Crippen molar-refractivity contribution in [3.8, 4) is 0 Å². The number of cyclic esters (lactones) is 2. The number of rotatable bonds is 2. The van der Waals surface area contributed by atoms with Crippen LogP contribution in [0.15, 0.2) is 53.6 Å². The second kappa shape index (κ2) is 7.65. The minimum Gasteiger partial charge on any atom is -0.422 e. The van der Waals surface area contributed by atoms with E-state index in [4.69, 9.17) is 21.1 Å². The number of carbonyl (C=O) groups is 3. The van der Waals surface area contributed by atoms with E-state index >= 15 is 0 Å². The molecule has 0 aliphatic carbocycles. The third-order valence-corrected chi connectivity index (χ3v) is 7.35. The highest BCUT2D eigenvalue weighted by Gasteiger charge is 2.75. The Balaban J connectivity index is 1.87. The molecule has 0 radical (unpaired) electrons. The maximum Gasteiger partial charge on any atom is 0.330 e. The summed E-state index contributed by atoms with van der Waals surface area (Å²) in [5.41, 5.74) is -0.765. The van der Waals surface area contributed by atoms with Gasteiger partial charge >= 0.3 is 11.9 Å². The summed E-state index contributed by atoms with van der Waals surface area (Å²) < 4.78 is 11.5. The van der Waals surface area contributed by atoms with Crippen LogP contribution in [0.1, 0.15) is 63.3 Å². The maximum absolute atomic E-state index is 14.1. The number of ketones is 1. The summed E-state index contributed by atoms with van der Waals surface area (Å²) in [6, 6.07) is 12.4. The number of ether oxygens (including phenoxy) is 2. The third kappa shape index (κ3) is 3.32. The van der Waals surface area contributed by atoms with Crippen molar-refractivity contribution >= 4 is 35.5 Å². The monoisotopic (exact) mass is 494 g/mol. The number of fused-ring (bicyclic) bond motifs is 4. The van der Waals surface area contributed by atoms with E-state index in [0.717, 1.165) is 5.56 Å². The van der Waals surface area contributed by atoms with Crippen LogP contribution in [0.3, 0.4) is 0 Å². The number of esters is 2. The van der Waals surface area contributed by atoms with Gasteiger partial charge in [0, 0.05) is 30.2 Å². The number of benzene rings is 2. The zero-order valence-corrected chi connectivity index (χ0v) is 21.0. The highest BCUT2D eigenvalue weighted by Crippen LogP contribution is 2.63. The van der Waals surface area contributed by atoms with Crippen LogP contribution in [0, 0.1) is 10.8 Å². The van der Waals surface area contributed by atoms with Gasteiger partial charge in [-0.3, -0.25) is 19.4 Å². The number of hydrogen-bond donors (Lipinski definition) is 0. The molecule has 7 nitrogen and oxygen atoms in total. The average Bonchev–Trinajstić information content (AvgIpc) is 3.08. The van der Waals surface area contributed by atoms with Gasteiger partial charge in [-0.15, -0.1) is 0 Å². The molecule has 8 heteroatoms. The Morgan fingerprint density at radius 3 is 2.14 bits per heavy atom. The standard InChI is InChI=1S/C27H27ClN2O5/c1-25(2,3)22(31)20-19(17-12-8-9-13-18(17)28)27(23(32)34-26(4,5)35-24(27)33)21-16-11-7-6-10-15(16)14-29-30(20)21/h6-14,19-21H,1-5H3/t19-,20+,21?/m0/s1. The van der Waals surface area contributed by atoms with Crippen molar-refractivity contribution in [2.45, 2.75) is 58.4 Å². The van der Waals surface area contributed by atoms with Crippen molar-refractivity contribution in [3.05, 3.63) is 70.2 Å². The highest BCUT2D eigenvalue weighted by molar-refractivity contribution is 6.31. The van der Waals surface area contributed by atoms with Gasteiger partial charge in [-0.25, -0.2) is 0 Å². The van der Waals surface area contributed by atoms with E-state index in [1.165, 1.54) is 13.8 Å². The molecule has 1 spiro atoms. The van der Waals surface area contributed by atoms with Crippen molar-refractivity contribution < 1.29 is 23.9 Å². The van der Waals surface area contributed by atoms with E-state index in [1.807, 2.05) is 24.3 Å². The molecule has 2 fully saturated rings. The van der Waals surface area contributed by atoms with Gasteiger partial charge in [0.15, 0.2) is 5.78 Å². The number of halogens is 1. The predicted molar refractivity (Wildman–Crippen MR) is 130 cm³/mol. The molecule has 3 aliphatic heterocycles. The lowest BCUT2D eigenvalue weighted by Crippen LogP contribution is -2.58. The lowest BCUT2D eigenvalue weighted by molar-refractivity contribution is -0.254. The van der Waals surface area contributed by atoms with E-state index < -0.39 is 46.6 Å². The molecule has 5 rings (SSSR count). The largest absolute Gasteiger partial charge is 0.422 e. The number of hydrogen-bond acceptors (Lipinski definition) is 7. The quantitative estimate of drug-likeness (QED) is 0.447. The van der Waals surface area contributed by atoms with Crippen molar-refractivity contribution in [1.82, 2.24) is 5.01 Å². The molecule has 1 unspecified atom stereocenters. The van der Waals surface area contributed by atoms with Crippen LogP contribution in [-0.4, -0.2) is 40.8 Å². The van der Waals surface area contributed by atoms with E-state index in [0.29, 0.717) is 16.1 Å². The first-order valence-electron chi connectivity index (χ1n) is 11.6. The summed E-state index contributed by atoms with van der Waals surface area (Å²) in [4.78, 5) is 42.2. The molecular weight excluding hydrogens is 468 g/mol. The Morgan fingerprint density at radius 2 is 1.54 bits per heavy atom. The van der Waals surface area contributed by atoms with Gasteiger partial charge < -0.3 is 9.47 Å². The number of Topliss-reactive ketones (excluding diaryl/α,β-unsaturated/α-hetero) is 1. The number of hydrazone groups is 1. The van der Waals surface area contributed by atoms with E-state index in [-0.39, 0.29) is 5.78 Å². The molecule has 0 saturated carbocycles. The van der Waals surface area contributed by atoms with Crippen LogP contribution in [0.2, 0.25) is 5.02 Å². The highest BCUT2D eigenvalue weighted by atomic mass is 35.5. The van der Waals surface area contributed by atoms with Gasteiger partial charge in [0.2, 0.25) is 5.41 Å². The van der Waals surface area contributed by atoms with Crippen molar-refractivity contribution in [1.29, 1.82) is 0 Å². The first kappa shape index (κ1) is 23.5. The SMILES string of the molecule is CC1(C)OC(=O)C2(C(=O)O1)C1c3ccccc3C=NN1[C@@H](C(=O)C(C)(C)C)[C@@H]2c1ccccc1Cl. The van der Waals surface area contributed by atoms with Gasteiger partial charge in [0.05, 0.1) is 6.21 Å². The second-order valence-electron chi connectivity index (χ2n) is 10.8. The molecule has 3 heterocycles. The Bertz CT molecular complexity index is 1260. The molecular formula is C27H27ClN2O5. The maximum atomic E-state index is 14.1. The van der Waals surface area contributed by atoms with E-state index in [1.54, 1.807) is 56.3 Å². The molecule has 0 bridgehead atoms. The smallest absolute Gasteiger partial charge is 0.330 e. The Morgan fingerprint density at radius 1 is 0.971 bits per heavy atom. The summed E-state index contributed by atoms with van der Waals surface area (Å²) >= 11 is 6.67. The molecule has 2 aromatic rings. The zero-order valence-electron chi connectivity index (χ0n) is 20.2. The number of nitrogens with zero attached hydrogens (tertiary/aromatic N) is 2. The first-order valence-corrected chi connectivity index (χ1v) is 11.9. The predicted octanol–water partition coefficient (Wildman–Crippen LogP) is 4.63. The molecule has 3 aliphatic rings. The average molecular weight is 495 g/mol. The number of carbonyl (C=O) groups excluding carboxylic acids is 3. The summed E-state index contributed by atoms with van der Waals surface area (Å²) in [5.74, 6) is -4.12. The minimum absolute atomic E-state index is 0.175. The van der Waals surface area contributed by atoms with Crippen LogP contribution in [0.5, 0.6) is 0 Å². The molecule has 0 amide bonds. The summed E-state index contributed by atoms with van der Waals surface area (Å²) in [6.07, 6.45) is 1.65. The van der Waals surface area contributed by atoms with Crippen LogP contribution in [-0.2, 0) is 23.9 Å². The Kier molecular flexibility index (Phi) is 5.15. The van der Waals surface area contributed by atoms with E-state index in [9.17, 15) is 14.4 Å². The third-order valence-electron chi connectivity index (χ3n) is 7.01. The van der Waals surface area contributed by atoms with Crippen LogP contribution in [0.25, 0.3) is 0 Å². The topological polar surface area (TPSA) is 85.3 Å². The zero-order chi connectivity index (χ0) is 25.3. The van der Waals surface area contributed by atoms with Gasteiger partial charge in [0.1, 0.15) is 12.1 Å². The normalized spacial score (nSPS) is 26.1. The van der Waals surface area contributed by atoms with Gasteiger partial charge in [-0.1, -0.05) is 74.8 Å². The van der Waals surface area contributed by atoms with Crippen LogP contribution >= 0.6 is 11.6 Å². The van der Waals surface area contributed by atoms with Gasteiger partial charge in [-0.05, 0) is 22.8 Å². The van der Waals surface area contributed by atoms with E-state index in [2.05, 4.69) is 5.10 Å². The van der Waals surface area contributed by atoms with Crippen molar-refractivity contribution in [3.63, 3.8) is 0 Å². The minimum atomic E-state index is -1.90. The summed E-state index contributed by atoms with van der Waals surface area (Å²) in [7, 11) is 0. The molecule has 3 atom stereocenters. The fourth-order valence-corrected chi connectivity index (χ4v) is 5.78. The lowest BCUT2D eigenvalue weighted by Gasteiger charge is -2.44. The summed E-state index contributed by atoms with van der Waals surface area (Å²) in [6.45, 7) is 8.44. The Hall–Kier alpha value is -3.19. The van der Waals surface area contributed by atoms with Crippen molar-refractivity contribution in [2.75, 3.05) is 0 Å². The Labute approximate surface area is 209 Å². The first-order chi connectivity index (χ1) is 16.4. The molecule has 35 heavy (non-hydrogen) atoms. The second-order valence-corrected chi connectivity index (χ2v) is 11.2. The lowest BCUT2D eigenvalue weighted by atomic mass is 9.64. The van der Waals surface area contributed by atoms with Gasteiger partial charge in [0.25, 0.3) is 5.79 Å². The molecule has 0 N–H and O–H groups in total. The summed E-state index contributed by atoms with van der Waals surface area (Å²) in [5, 5.41) is 6.56. The fourth-order valence-electron chi connectivity index (χ4n) is 5.53. The molecule has 2 saturated heterocycles. The van der Waals surface area contributed by atoms with Crippen LogP contribution < -0.4 is 0 Å².